The van der Waals surface area contributed by atoms with Crippen LogP contribution in [-0.4, -0.2) is 35.6 Å². The zero-order chi connectivity index (χ0) is 24.8. The maximum atomic E-state index is 13.3. The summed E-state index contributed by atoms with van der Waals surface area (Å²) in [6.07, 6.45) is 0. The minimum atomic E-state index is -0.211. The van der Waals surface area contributed by atoms with Crippen LogP contribution in [0.4, 0.5) is 23.1 Å². The quantitative estimate of drug-likeness (QED) is 0.305. The number of aromatic nitrogens is 2. The third-order valence-electron chi connectivity index (χ3n) is 5.74. The minimum absolute atomic E-state index is 0.211. The molecule has 7 nitrogen and oxygen atoms in total. The van der Waals surface area contributed by atoms with Gasteiger partial charge in [0.05, 0.1) is 12.2 Å². The number of fused-ring (bicyclic) bond motifs is 1. The number of carbonyl (C=O) groups is 1. The van der Waals surface area contributed by atoms with Crippen LogP contribution in [0.25, 0.3) is 10.8 Å². The molecule has 180 valence electrons. The van der Waals surface area contributed by atoms with Crippen molar-refractivity contribution in [3.05, 3.63) is 78.0 Å². The van der Waals surface area contributed by atoms with Crippen LogP contribution >= 0.6 is 0 Å². The second kappa shape index (κ2) is 10.9. The van der Waals surface area contributed by atoms with Crippen molar-refractivity contribution in [2.24, 2.45) is 0 Å². The molecule has 2 N–H and O–H groups in total. The highest BCUT2D eigenvalue weighted by Crippen LogP contribution is 2.29. The van der Waals surface area contributed by atoms with Gasteiger partial charge in [-0.2, -0.15) is 4.98 Å². The molecule has 0 bridgehead atoms. The van der Waals surface area contributed by atoms with Crippen molar-refractivity contribution in [3.63, 3.8) is 0 Å². The second-order valence-corrected chi connectivity index (χ2v) is 8.11. The summed E-state index contributed by atoms with van der Waals surface area (Å²) in [5.74, 6) is 1.80. The van der Waals surface area contributed by atoms with E-state index in [2.05, 4.69) is 39.3 Å². The first kappa shape index (κ1) is 24.0. The Morgan fingerprint density at radius 3 is 2.34 bits per heavy atom. The molecule has 0 aliphatic heterocycles. The highest BCUT2D eigenvalue weighted by molar-refractivity contribution is 6.15. The molecule has 0 aliphatic rings. The van der Waals surface area contributed by atoms with Gasteiger partial charge in [0.15, 0.2) is 0 Å². The molecule has 1 amide bonds. The van der Waals surface area contributed by atoms with Crippen LogP contribution in [0.2, 0.25) is 0 Å². The average Bonchev–Trinajstić information content (AvgIpc) is 2.85. The molecule has 3 aromatic carbocycles. The molecule has 4 aromatic rings. The van der Waals surface area contributed by atoms with Gasteiger partial charge in [0, 0.05) is 36.2 Å². The Morgan fingerprint density at radius 1 is 0.914 bits per heavy atom. The summed E-state index contributed by atoms with van der Waals surface area (Å²) >= 11 is 0. The van der Waals surface area contributed by atoms with Gasteiger partial charge < -0.3 is 20.3 Å². The number of anilines is 4. The summed E-state index contributed by atoms with van der Waals surface area (Å²) in [6, 6.07) is 21.1. The van der Waals surface area contributed by atoms with E-state index < -0.39 is 0 Å². The largest absolute Gasteiger partial charge is 0.493 e. The van der Waals surface area contributed by atoms with E-state index in [1.54, 1.807) is 0 Å². The van der Waals surface area contributed by atoms with Crippen molar-refractivity contribution in [2.75, 3.05) is 35.2 Å². The summed E-state index contributed by atoms with van der Waals surface area (Å²) in [5.41, 5.74) is 2.95. The van der Waals surface area contributed by atoms with Crippen molar-refractivity contribution >= 4 is 39.8 Å². The average molecular weight is 470 g/mol. The highest BCUT2D eigenvalue weighted by Gasteiger charge is 2.17. The molecule has 1 heterocycles. The summed E-state index contributed by atoms with van der Waals surface area (Å²) in [5, 5.41) is 8.12. The molecule has 7 heteroatoms. The first-order valence-electron chi connectivity index (χ1n) is 12.0. The van der Waals surface area contributed by atoms with Crippen molar-refractivity contribution in [2.45, 2.75) is 27.7 Å². The summed E-state index contributed by atoms with van der Waals surface area (Å²) in [6.45, 7) is 10.3. The lowest BCUT2D eigenvalue weighted by Crippen LogP contribution is -2.23. The van der Waals surface area contributed by atoms with Gasteiger partial charge in [0.2, 0.25) is 5.95 Å². The van der Waals surface area contributed by atoms with Crippen molar-refractivity contribution < 1.29 is 9.53 Å². The van der Waals surface area contributed by atoms with Crippen LogP contribution in [0.1, 0.15) is 36.8 Å². The zero-order valence-corrected chi connectivity index (χ0v) is 20.6. The number of hydrogen-bond donors (Lipinski definition) is 2. The molecule has 4 rings (SSSR count). The van der Waals surface area contributed by atoms with E-state index in [-0.39, 0.29) is 5.91 Å². The lowest BCUT2D eigenvalue weighted by molar-refractivity contribution is 0.102. The van der Waals surface area contributed by atoms with Crippen molar-refractivity contribution in [1.29, 1.82) is 0 Å². The number of aryl methyl sites for hydroxylation is 1. The number of hydrogen-bond acceptors (Lipinski definition) is 6. The summed E-state index contributed by atoms with van der Waals surface area (Å²) in [4.78, 5) is 24.6. The smallest absolute Gasteiger partial charge is 0.260 e. The monoisotopic (exact) mass is 469 g/mol. The maximum absolute atomic E-state index is 13.3. The molecule has 0 unspecified atom stereocenters. The first-order valence-corrected chi connectivity index (χ1v) is 12.0. The number of rotatable bonds is 9. The molecular weight excluding hydrogens is 438 g/mol. The third-order valence-corrected chi connectivity index (χ3v) is 5.74. The first-order chi connectivity index (χ1) is 17.0. The Labute approximate surface area is 206 Å². The van der Waals surface area contributed by atoms with E-state index in [0.717, 1.165) is 41.1 Å². The zero-order valence-electron chi connectivity index (χ0n) is 20.6. The predicted octanol–water partition coefficient (Wildman–Crippen LogP) is 6.18. The molecule has 0 saturated carbocycles. The molecule has 0 atom stereocenters. The van der Waals surface area contributed by atoms with Gasteiger partial charge in [-0.25, -0.2) is 4.98 Å². The van der Waals surface area contributed by atoms with Gasteiger partial charge in [-0.15, -0.1) is 0 Å². The minimum Gasteiger partial charge on any atom is -0.493 e. The number of nitrogens with zero attached hydrogens (tertiary/aromatic N) is 3. The number of ether oxygens (including phenoxy) is 1. The molecule has 0 radical (unpaired) electrons. The van der Waals surface area contributed by atoms with E-state index in [1.807, 2.05) is 80.6 Å². The van der Waals surface area contributed by atoms with Crippen molar-refractivity contribution in [3.8, 4) is 5.75 Å². The van der Waals surface area contributed by atoms with Crippen LogP contribution in [0, 0.1) is 6.92 Å². The fourth-order valence-corrected chi connectivity index (χ4v) is 4.04. The normalized spacial score (nSPS) is 10.7. The molecule has 0 spiro atoms. The fraction of sp³-hybridized carbons (Fsp3) is 0.250. The Hall–Kier alpha value is -4.13. The number of nitrogens with one attached hydrogen (secondary N) is 2. The van der Waals surface area contributed by atoms with E-state index in [4.69, 9.17) is 4.74 Å². The summed E-state index contributed by atoms with van der Waals surface area (Å²) < 4.78 is 5.75. The van der Waals surface area contributed by atoms with Gasteiger partial charge in [-0.3, -0.25) is 4.79 Å². The Morgan fingerprint density at radius 2 is 1.63 bits per heavy atom. The van der Waals surface area contributed by atoms with E-state index in [0.29, 0.717) is 29.6 Å². The summed E-state index contributed by atoms with van der Waals surface area (Å²) in [7, 11) is 0. The Bertz CT molecular complexity index is 1320. The lowest BCUT2D eigenvalue weighted by atomic mass is 10.0. The topological polar surface area (TPSA) is 79.4 Å². The Balaban J connectivity index is 1.53. The molecule has 0 fully saturated rings. The molecular formula is C28H31N5O2. The second-order valence-electron chi connectivity index (χ2n) is 8.11. The number of benzene rings is 3. The third kappa shape index (κ3) is 5.51. The van der Waals surface area contributed by atoms with E-state index in [1.165, 1.54) is 0 Å². The SMILES string of the molecule is CCOc1ccc2ccccc2c1C(=O)Nc1ccc(Nc2nc(C)cc(N(CC)CC)n2)cc1. The molecule has 1 aromatic heterocycles. The van der Waals surface area contributed by atoms with Gasteiger partial charge in [-0.1, -0.05) is 30.3 Å². The Kier molecular flexibility index (Phi) is 7.45. The molecule has 0 saturated heterocycles. The number of carbonyl (C=O) groups excluding carboxylic acids is 1. The van der Waals surface area contributed by atoms with Crippen LogP contribution in [0.15, 0.2) is 66.7 Å². The predicted molar refractivity (Wildman–Crippen MR) is 143 cm³/mol. The number of amides is 1. The van der Waals surface area contributed by atoms with Gasteiger partial charge >= 0.3 is 0 Å². The van der Waals surface area contributed by atoms with Gasteiger partial charge in [0.1, 0.15) is 11.6 Å². The fourth-order valence-electron chi connectivity index (χ4n) is 4.04. The van der Waals surface area contributed by atoms with Crippen LogP contribution in [0.5, 0.6) is 5.75 Å². The van der Waals surface area contributed by atoms with E-state index >= 15 is 0 Å². The van der Waals surface area contributed by atoms with Crippen LogP contribution < -0.4 is 20.3 Å². The van der Waals surface area contributed by atoms with Gasteiger partial charge in [0.25, 0.3) is 5.91 Å². The lowest BCUT2D eigenvalue weighted by Gasteiger charge is -2.20. The molecule has 0 aliphatic carbocycles. The van der Waals surface area contributed by atoms with Gasteiger partial charge in [-0.05, 0) is 68.8 Å². The van der Waals surface area contributed by atoms with Crippen molar-refractivity contribution in [1.82, 2.24) is 9.97 Å². The highest BCUT2D eigenvalue weighted by atomic mass is 16.5. The van der Waals surface area contributed by atoms with Crippen LogP contribution in [0.3, 0.4) is 0 Å². The molecule has 35 heavy (non-hydrogen) atoms. The standard InChI is InChI=1S/C28H31N5O2/c1-5-33(6-2)25-18-19(4)29-28(32-25)31-22-15-13-21(14-16-22)30-27(34)26-23-11-9-8-10-20(23)12-17-24(26)35-7-3/h8-18H,5-7H2,1-4H3,(H,30,34)(H,29,31,32). The van der Waals surface area contributed by atoms with Crippen LogP contribution in [-0.2, 0) is 0 Å². The van der Waals surface area contributed by atoms with E-state index in [9.17, 15) is 4.79 Å². The maximum Gasteiger partial charge on any atom is 0.260 e.